The number of aromatic carboxylic acids is 1. The van der Waals surface area contributed by atoms with Crippen molar-refractivity contribution >= 4 is 29.3 Å². The van der Waals surface area contributed by atoms with Crippen LogP contribution in [0.2, 0.25) is 0 Å². The number of pyridine rings is 1. The first kappa shape index (κ1) is 18.5. The van der Waals surface area contributed by atoms with Crippen molar-refractivity contribution in [1.82, 2.24) is 4.98 Å². The quantitative estimate of drug-likeness (QED) is 0.304. The fourth-order valence-corrected chi connectivity index (χ4v) is 3.17. The van der Waals surface area contributed by atoms with Gasteiger partial charge in [0.25, 0.3) is 5.84 Å². The van der Waals surface area contributed by atoms with Crippen LogP contribution in [0.5, 0.6) is 0 Å². The third-order valence-corrected chi connectivity index (χ3v) is 4.87. The van der Waals surface area contributed by atoms with Crippen molar-refractivity contribution in [2.75, 3.05) is 12.0 Å². The smallest absolute Gasteiger partial charge is 0.335 e. The van der Waals surface area contributed by atoms with Gasteiger partial charge in [0.1, 0.15) is 5.56 Å². The third kappa shape index (κ3) is 3.78. The number of anilines is 1. The van der Waals surface area contributed by atoms with Crippen LogP contribution in [-0.4, -0.2) is 28.2 Å². The average Bonchev–Trinajstić information content (AvgIpc) is 2.67. The third-order valence-electron chi connectivity index (χ3n) is 4.13. The molecule has 3 aromatic rings. The van der Waals surface area contributed by atoms with Crippen molar-refractivity contribution < 1.29 is 15.3 Å². The van der Waals surface area contributed by atoms with Gasteiger partial charge in [-0.25, -0.2) is 9.78 Å². The predicted octanol–water partition coefficient (Wildman–Crippen LogP) is 1.88. The molecule has 0 spiro atoms. The number of carboxylic acids is 1. The average molecular weight is 379 g/mol. The summed E-state index contributed by atoms with van der Waals surface area (Å²) < 4.78 is 0. The number of nitrogens with two attached hydrogens (primary N) is 3. The number of carboxylic acid groups (broad SMARTS) is 1. The molecular weight excluding hydrogens is 360 g/mol. The van der Waals surface area contributed by atoms with Crippen LogP contribution in [0.15, 0.2) is 59.5 Å². The summed E-state index contributed by atoms with van der Waals surface area (Å²) in [5, 5.41) is 14.9. The Balaban J connectivity index is 2.15. The van der Waals surface area contributed by atoms with Crippen LogP contribution in [0.1, 0.15) is 15.9 Å². The van der Waals surface area contributed by atoms with E-state index >= 15 is 0 Å². The molecule has 0 unspecified atom stereocenters. The van der Waals surface area contributed by atoms with Gasteiger partial charge in [-0.15, -0.1) is 11.8 Å². The standard InChI is InChI=1S/C20H18N4O2S/c1-27-14-8-6-12(7-9-14)18-17(19(22)23)15(21)10-16(24-18)11-2-4-13(5-3-11)20(25)26/h2-10H,1H3,(H2,21,24)(H3,22,23)(H,25,26)/p+1. The second kappa shape index (κ2) is 7.51. The highest BCUT2D eigenvalue weighted by atomic mass is 32.2. The minimum atomic E-state index is -0.982. The lowest BCUT2D eigenvalue weighted by atomic mass is 10.0. The molecule has 0 aliphatic carbocycles. The zero-order valence-electron chi connectivity index (χ0n) is 14.6. The van der Waals surface area contributed by atoms with Gasteiger partial charge in [0.05, 0.1) is 22.6 Å². The maximum absolute atomic E-state index is 11.0. The van der Waals surface area contributed by atoms with E-state index in [0.717, 1.165) is 16.0 Å². The molecule has 0 bridgehead atoms. The Hall–Kier alpha value is -3.32. The van der Waals surface area contributed by atoms with E-state index in [0.29, 0.717) is 22.6 Å². The topological polar surface area (TPSA) is 128 Å². The van der Waals surface area contributed by atoms with Crippen LogP contribution in [0.3, 0.4) is 0 Å². The number of thioether (sulfide) groups is 1. The second-order valence-corrected chi connectivity index (χ2v) is 6.77. The monoisotopic (exact) mass is 379 g/mol. The molecule has 1 aromatic heterocycles. The normalized spacial score (nSPS) is 10.6. The molecule has 0 saturated heterocycles. The number of amidine groups is 1. The van der Waals surface area contributed by atoms with Gasteiger partial charge in [0.15, 0.2) is 0 Å². The summed E-state index contributed by atoms with van der Waals surface area (Å²) in [5.41, 5.74) is 16.0. The van der Waals surface area contributed by atoms with Crippen LogP contribution in [0.25, 0.3) is 22.5 Å². The first-order valence-electron chi connectivity index (χ1n) is 8.07. The minimum Gasteiger partial charge on any atom is -0.478 e. The molecule has 136 valence electrons. The maximum atomic E-state index is 11.0. The summed E-state index contributed by atoms with van der Waals surface area (Å²) in [6.45, 7) is 0. The van der Waals surface area contributed by atoms with E-state index in [-0.39, 0.29) is 11.4 Å². The van der Waals surface area contributed by atoms with Crippen LogP contribution in [-0.2, 0) is 0 Å². The summed E-state index contributed by atoms with van der Waals surface area (Å²) in [6, 6.07) is 16.0. The Morgan fingerprint density at radius 1 is 1.07 bits per heavy atom. The number of nitrogen functional groups attached to an aromatic ring is 1. The van der Waals surface area contributed by atoms with Gasteiger partial charge in [-0.3, -0.25) is 11.1 Å². The molecule has 0 atom stereocenters. The van der Waals surface area contributed by atoms with Crippen molar-refractivity contribution in [3.8, 4) is 22.5 Å². The van der Waals surface area contributed by atoms with E-state index in [2.05, 4.69) is 0 Å². The summed E-state index contributed by atoms with van der Waals surface area (Å²) in [5.74, 6) is -0.888. The molecule has 2 aromatic carbocycles. The molecule has 3 rings (SSSR count). The molecule has 27 heavy (non-hydrogen) atoms. The second-order valence-electron chi connectivity index (χ2n) is 5.89. The van der Waals surface area contributed by atoms with E-state index in [9.17, 15) is 4.79 Å². The van der Waals surface area contributed by atoms with E-state index < -0.39 is 5.97 Å². The number of hydrogen-bond donors (Lipinski definition) is 4. The minimum absolute atomic E-state index is 0.0942. The Kier molecular flexibility index (Phi) is 5.14. The van der Waals surface area contributed by atoms with E-state index in [1.54, 1.807) is 30.0 Å². The number of carbonyl (C=O) groups is 1. The number of nitrogens with zero attached hydrogens (tertiary/aromatic N) is 1. The zero-order valence-corrected chi connectivity index (χ0v) is 15.5. The molecular formula is C20H19N4O2S+. The molecule has 0 aliphatic rings. The highest BCUT2D eigenvalue weighted by Gasteiger charge is 2.19. The van der Waals surface area contributed by atoms with Crippen LogP contribution in [0, 0.1) is 0 Å². The first-order valence-corrected chi connectivity index (χ1v) is 9.30. The van der Waals surface area contributed by atoms with Crippen molar-refractivity contribution in [1.29, 1.82) is 0 Å². The molecule has 0 amide bonds. The lowest BCUT2D eigenvalue weighted by molar-refractivity contribution is -0.114. The van der Waals surface area contributed by atoms with E-state index in [1.165, 1.54) is 12.1 Å². The number of rotatable bonds is 5. The molecule has 7 N–H and O–H groups in total. The van der Waals surface area contributed by atoms with Crippen molar-refractivity contribution in [3.05, 3.63) is 65.7 Å². The molecule has 7 heteroatoms. The lowest BCUT2D eigenvalue weighted by Crippen LogP contribution is -2.47. The molecule has 1 heterocycles. The van der Waals surface area contributed by atoms with Gasteiger partial charge in [0.2, 0.25) is 0 Å². The van der Waals surface area contributed by atoms with Gasteiger partial charge in [-0.2, -0.15) is 0 Å². The van der Waals surface area contributed by atoms with Gasteiger partial charge >= 0.3 is 5.97 Å². The number of hydrogen-bond acceptors (Lipinski definition) is 4. The fourth-order valence-electron chi connectivity index (χ4n) is 2.76. The zero-order chi connectivity index (χ0) is 19.6. The fraction of sp³-hybridized carbons (Fsp3) is 0.0500. The Morgan fingerprint density at radius 2 is 1.67 bits per heavy atom. The maximum Gasteiger partial charge on any atom is 0.335 e. The Morgan fingerprint density at radius 3 is 2.19 bits per heavy atom. The van der Waals surface area contributed by atoms with Gasteiger partial charge in [0, 0.05) is 16.0 Å². The SMILES string of the molecule is CSc1ccc(-c2nc(-c3ccc(C(=O)O)cc3)cc(N)c2C(N)=[NH2+])cc1. The molecule has 0 saturated carbocycles. The van der Waals surface area contributed by atoms with Gasteiger partial charge in [-0.05, 0) is 36.6 Å². The first-order chi connectivity index (χ1) is 12.9. The van der Waals surface area contributed by atoms with Crippen molar-refractivity contribution in [2.45, 2.75) is 4.90 Å². The van der Waals surface area contributed by atoms with Crippen LogP contribution in [0.4, 0.5) is 5.69 Å². The van der Waals surface area contributed by atoms with Gasteiger partial charge < -0.3 is 10.8 Å². The largest absolute Gasteiger partial charge is 0.478 e. The highest BCUT2D eigenvalue weighted by molar-refractivity contribution is 7.98. The summed E-state index contributed by atoms with van der Waals surface area (Å²) in [7, 11) is 0. The van der Waals surface area contributed by atoms with Gasteiger partial charge in [-0.1, -0.05) is 24.3 Å². The summed E-state index contributed by atoms with van der Waals surface area (Å²) in [4.78, 5) is 16.9. The highest BCUT2D eigenvalue weighted by Crippen LogP contribution is 2.31. The predicted molar refractivity (Wildman–Crippen MR) is 108 cm³/mol. The van der Waals surface area contributed by atoms with E-state index in [1.807, 2.05) is 30.5 Å². The summed E-state index contributed by atoms with van der Waals surface area (Å²) >= 11 is 1.64. The number of aromatic nitrogens is 1. The molecule has 0 fully saturated rings. The number of benzene rings is 2. The van der Waals surface area contributed by atoms with Crippen LogP contribution < -0.4 is 16.9 Å². The lowest BCUT2D eigenvalue weighted by Gasteiger charge is -2.12. The van der Waals surface area contributed by atoms with Crippen molar-refractivity contribution in [3.63, 3.8) is 0 Å². The molecule has 0 radical (unpaired) electrons. The Bertz CT molecular complexity index is 1020. The van der Waals surface area contributed by atoms with Crippen molar-refractivity contribution in [2.24, 2.45) is 5.73 Å². The van der Waals surface area contributed by atoms with Crippen LogP contribution >= 0.6 is 11.8 Å². The Labute approximate surface area is 160 Å². The molecule has 6 nitrogen and oxygen atoms in total. The van der Waals surface area contributed by atoms with E-state index in [4.69, 9.17) is 27.0 Å². The summed E-state index contributed by atoms with van der Waals surface area (Å²) in [6.07, 6.45) is 2.00. The molecule has 0 aliphatic heterocycles.